The maximum Gasteiger partial charge on any atom is 0.306 e. The third-order valence-electron chi connectivity index (χ3n) is 7.78. The van der Waals surface area contributed by atoms with Gasteiger partial charge in [0, 0.05) is 35.1 Å². The fourth-order valence-corrected chi connectivity index (χ4v) is 5.29. The van der Waals surface area contributed by atoms with Crippen LogP contribution in [0.1, 0.15) is 143 Å². The Bertz CT molecular complexity index is 1120. The predicted octanol–water partition coefficient (Wildman–Crippen LogP) is 9.57. The van der Waals surface area contributed by atoms with Gasteiger partial charge in [-0.15, -0.1) is 0 Å². The molecular weight excluding hydrogens is 576 g/mol. The first-order chi connectivity index (χ1) is 21.0. The van der Waals surface area contributed by atoms with Crippen molar-refractivity contribution in [3.05, 3.63) is 57.6 Å². The van der Waals surface area contributed by atoms with Gasteiger partial charge in [0.25, 0.3) is 0 Å². The van der Waals surface area contributed by atoms with Crippen LogP contribution in [0.15, 0.2) is 24.3 Å². The molecule has 0 radical (unpaired) electrons. The van der Waals surface area contributed by atoms with E-state index in [9.17, 15) is 9.59 Å². The van der Waals surface area contributed by atoms with Crippen LogP contribution in [0.3, 0.4) is 0 Å². The highest BCUT2D eigenvalue weighted by molar-refractivity contribution is 5.70. The zero-order chi connectivity index (χ0) is 35.7. The Labute approximate surface area is 280 Å². The van der Waals surface area contributed by atoms with Crippen LogP contribution in [-0.2, 0) is 53.6 Å². The zero-order valence-corrected chi connectivity index (χ0v) is 32.0. The van der Waals surface area contributed by atoms with E-state index in [1.165, 1.54) is 22.3 Å². The number of rotatable bonds is 10. The lowest BCUT2D eigenvalue weighted by molar-refractivity contribution is -0.144. The Hall–Kier alpha value is -3.02. The normalized spacial score (nSPS) is 12.2. The van der Waals surface area contributed by atoms with Crippen LogP contribution < -0.4 is 9.47 Å². The molecule has 0 bridgehead atoms. The van der Waals surface area contributed by atoms with Crippen molar-refractivity contribution >= 4 is 11.9 Å². The molecule has 2 aromatic rings. The molecule has 0 aliphatic rings. The average molecular weight is 641 g/mol. The van der Waals surface area contributed by atoms with E-state index in [0.717, 1.165) is 22.6 Å². The Morgan fingerprint density at radius 3 is 0.913 bits per heavy atom. The van der Waals surface area contributed by atoms with Crippen molar-refractivity contribution in [3.8, 4) is 11.5 Å². The summed E-state index contributed by atoms with van der Waals surface area (Å²) >= 11 is 0. The fraction of sp³-hybridized carbons (Fsp3) is 0.650. The molecule has 0 atom stereocenters. The Morgan fingerprint density at radius 1 is 0.500 bits per heavy atom. The minimum absolute atomic E-state index is 0.0225. The molecule has 46 heavy (non-hydrogen) atoms. The van der Waals surface area contributed by atoms with Crippen LogP contribution in [0, 0.1) is 0 Å². The van der Waals surface area contributed by atoms with Gasteiger partial charge in [-0.1, -0.05) is 107 Å². The molecule has 0 spiro atoms. The van der Waals surface area contributed by atoms with Gasteiger partial charge in [0.2, 0.25) is 0 Å². The van der Waals surface area contributed by atoms with Crippen molar-refractivity contribution in [1.82, 2.24) is 0 Å². The lowest BCUT2D eigenvalue weighted by atomic mass is 9.78. The molecule has 6 heteroatoms. The van der Waals surface area contributed by atoms with E-state index in [1.54, 1.807) is 14.2 Å². The number of hydrogen-bond acceptors (Lipinski definition) is 6. The maximum absolute atomic E-state index is 11.7. The third-order valence-corrected chi connectivity index (χ3v) is 7.78. The first kappa shape index (κ1) is 41.0. The zero-order valence-electron chi connectivity index (χ0n) is 32.0. The fourth-order valence-electron chi connectivity index (χ4n) is 5.29. The number of hydrogen-bond donors (Lipinski definition) is 0. The minimum Gasteiger partial charge on any atom is -0.496 e. The second kappa shape index (κ2) is 16.7. The number of benzene rings is 2. The summed E-state index contributed by atoms with van der Waals surface area (Å²) in [6, 6.07) is 8.70. The van der Waals surface area contributed by atoms with E-state index >= 15 is 0 Å². The molecule has 2 aromatic carbocycles. The SMILES string of the molecule is CCOC(=O)CCc1cc(C(C)(C)C)c(OC)c(C(C)(C)C)c1.CCOC(=O)CCc1cc(C(C)(C)C)c(OC)c(C(C)(C)C)c1. The summed E-state index contributed by atoms with van der Waals surface area (Å²) in [5.41, 5.74) is 6.98. The largest absolute Gasteiger partial charge is 0.496 e. The second-order valence-electron chi connectivity index (χ2n) is 16.1. The van der Waals surface area contributed by atoms with E-state index in [1.807, 2.05) is 13.8 Å². The summed E-state index contributed by atoms with van der Waals surface area (Å²) in [4.78, 5) is 23.3. The molecule has 6 nitrogen and oxygen atoms in total. The van der Waals surface area contributed by atoms with E-state index in [-0.39, 0.29) is 33.6 Å². The molecule has 0 fully saturated rings. The number of esters is 2. The molecular formula is C40H64O6. The Morgan fingerprint density at radius 2 is 0.739 bits per heavy atom. The lowest BCUT2D eigenvalue weighted by Gasteiger charge is -2.30. The van der Waals surface area contributed by atoms with E-state index in [0.29, 0.717) is 38.9 Å². The van der Waals surface area contributed by atoms with E-state index in [4.69, 9.17) is 18.9 Å². The first-order valence-electron chi connectivity index (χ1n) is 16.8. The van der Waals surface area contributed by atoms with Crippen molar-refractivity contribution < 1.29 is 28.5 Å². The molecule has 0 aliphatic heterocycles. The van der Waals surface area contributed by atoms with Crippen molar-refractivity contribution in [3.63, 3.8) is 0 Å². The molecule has 260 valence electrons. The summed E-state index contributed by atoms with van der Waals surface area (Å²) in [6.07, 6.45) is 2.20. The summed E-state index contributed by atoms with van der Waals surface area (Å²) in [5, 5.41) is 0. The van der Waals surface area contributed by atoms with Crippen LogP contribution in [0.25, 0.3) is 0 Å². The summed E-state index contributed by atoms with van der Waals surface area (Å²) in [6.45, 7) is 30.8. The van der Waals surface area contributed by atoms with Gasteiger partial charge < -0.3 is 18.9 Å². The molecule has 2 rings (SSSR count). The number of aryl methyl sites for hydroxylation is 2. The molecule has 0 saturated heterocycles. The highest BCUT2D eigenvalue weighted by Gasteiger charge is 2.29. The number of methoxy groups -OCH3 is 2. The van der Waals surface area contributed by atoms with Crippen molar-refractivity contribution in [1.29, 1.82) is 0 Å². The molecule has 0 heterocycles. The van der Waals surface area contributed by atoms with Crippen molar-refractivity contribution in [2.75, 3.05) is 27.4 Å². The van der Waals surface area contributed by atoms with Crippen molar-refractivity contribution in [2.24, 2.45) is 0 Å². The summed E-state index contributed by atoms with van der Waals surface area (Å²) < 4.78 is 21.6. The molecule has 0 aromatic heterocycles. The van der Waals surface area contributed by atoms with Gasteiger partial charge in [-0.2, -0.15) is 0 Å². The predicted molar refractivity (Wildman–Crippen MR) is 191 cm³/mol. The van der Waals surface area contributed by atoms with Gasteiger partial charge in [-0.25, -0.2) is 0 Å². The average Bonchev–Trinajstić information content (AvgIpc) is 2.92. The number of carbonyl (C=O) groups excluding carboxylic acids is 2. The van der Waals surface area contributed by atoms with E-state index in [2.05, 4.69) is 107 Å². The monoisotopic (exact) mass is 640 g/mol. The third kappa shape index (κ3) is 12.3. The lowest BCUT2D eigenvalue weighted by Crippen LogP contribution is -2.20. The minimum atomic E-state index is -0.141. The maximum atomic E-state index is 11.7. The van der Waals surface area contributed by atoms with Crippen LogP contribution in [0.5, 0.6) is 11.5 Å². The number of ether oxygens (including phenoxy) is 4. The van der Waals surface area contributed by atoms with Crippen LogP contribution in [0.4, 0.5) is 0 Å². The van der Waals surface area contributed by atoms with Gasteiger partial charge in [-0.05, 0) is 59.5 Å². The topological polar surface area (TPSA) is 71.1 Å². The molecule has 0 N–H and O–H groups in total. The van der Waals surface area contributed by atoms with Crippen LogP contribution in [0.2, 0.25) is 0 Å². The number of carbonyl (C=O) groups is 2. The first-order valence-corrected chi connectivity index (χ1v) is 16.8. The second-order valence-corrected chi connectivity index (χ2v) is 16.1. The highest BCUT2D eigenvalue weighted by atomic mass is 16.5. The summed E-state index contributed by atoms with van der Waals surface area (Å²) in [5.74, 6) is 1.64. The smallest absolute Gasteiger partial charge is 0.306 e. The van der Waals surface area contributed by atoms with Crippen molar-refractivity contribution in [2.45, 2.75) is 144 Å². The molecule has 0 aliphatic carbocycles. The molecule has 0 unspecified atom stereocenters. The van der Waals surface area contributed by atoms with Crippen LogP contribution in [-0.4, -0.2) is 39.4 Å². The van der Waals surface area contributed by atoms with Crippen LogP contribution >= 0.6 is 0 Å². The Kier molecular flexibility index (Phi) is 14.9. The molecule has 0 amide bonds. The van der Waals surface area contributed by atoms with Gasteiger partial charge in [0.05, 0.1) is 27.4 Å². The molecule has 0 saturated carbocycles. The highest BCUT2D eigenvalue weighted by Crippen LogP contribution is 2.42. The van der Waals surface area contributed by atoms with Gasteiger partial charge in [0.15, 0.2) is 0 Å². The quantitative estimate of drug-likeness (QED) is 0.241. The Balaban J connectivity index is 0.000000460. The van der Waals surface area contributed by atoms with E-state index < -0.39 is 0 Å². The van der Waals surface area contributed by atoms with Gasteiger partial charge in [-0.3, -0.25) is 9.59 Å². The van der Waals surface area contributed by atoms with Gasteiger partial charge in [0.1, 0.15) is 11.5 Å². The standard InChI is InChI=1S/2C20H32O3/c2*1-9-23-17(21)11-10-14-12-15(19(2,3)4)18(22-8)16(13-14)20(5,6)7/h2*12-13H,9-11H2,1-8H3. The van der Waals surface area contributed by atoms with Gasteiger partial charge >= 0.3 is 11.9 Å². The summed E-state index contributed by atoms with van der Waals surface area (Å²) in [7, 11) is 3.47.